The van der Waals surface area contributed by atoms with Crippen molar-refractivity contribution >= 4 is 40.0 Å². The largest absolute Gasteiger partial charge is 0.497 e. The highest BCUT2D eigenvalue weighted by molar-refractivity contribution is 7.99. The second kappa shape index (κ2) is 11.1. The van der Waals surface area contributed by atoms with E-state index >= 15 is 0 Å². The summed E-state index contributed by atoms with van der Waals surface area (Å²) >= 11 is 1.30. The Morgan fingerprint density at radius 3 is 2.51 bits per heavy atom. The number of aromatic nitrogens is 3. The molecule has 0 aliphatic carbocycles. The highest BCUT2D eigenvalue weighted by atomic mass is 32.2. The number of anilines is 1. The van der Waals surface area contributed by atoms with Gasteiger partial charge in [-0.2, -0.15) is 0 Å². The first-order chi connectivity index (χ1) is 16.9. The lowest BCUT2D eigenvalue weighted by Crippen LogP contribution is -2.29. The van der Waals surface area contributed by atoms with E-state index in [4.69, 9.17) is 4.74 Å². The van der Waals surface area contributed by atoms with Gasteiger partial charge in [0.2, 0.25) is 11.8 Å². The van der Waals surface area contributed by atoms with Crippen molar-refractivity contribution in [1.82, 2.24) is 20.1 Å². The van der Waals surface area contributed by atoms with Crippen LogP contribution in [0.4, 0.5) is 5.69 Å². The minimum atomic E-state index is -0.336. The van der Waals surface area contributed by atoms with Gasteiger partial charge in [-0.15, -0.1) is 10.2 Å². The number of carbonyl (C=O) groups excluding carboxylic acids is 2. The smallest absolute Gasteiger partial charge is 0.234 e. The molecule has 1 atom stereocenters. The Bertz CT molecular complexity index is 1330. The molecule has 1 aromatic heterocycles. The number of hydrogen-bond donors (Lipinski definition) is 2. The summed E-state index contributed by atoms with van der Waals surface area (Å²) in [5, 5.41) is 17.0. The summed E-state index contributed by atoms with van der Waals surface area (Å²) in [4.78, 5) is 25.1. The molecule has 4 rings (SSSR count). The third-order valence-corrected chi connectivity index (χ3v) is 6.57. The Balaban J connectivity index is 1.32. The van der Waals surface area contributed by atoms with Crippen molar-refractivity contribution in [3.8, 4) is 5.75 Å². The molecule has 3 aromatic carbocycles. The molecule has 35 heavy (non-hydrogen) atoms. The first-order valence-electron chi connectivity index (χ1n) is 11.2. The van der Waals surface area contributed by atoms with Crippen molar-refractivity contribution < 1.29 is 14.3 Å². The molecule has 0 aliphatic rings. The topological polar surface area (TPSA) is 98.1 Å². The van der Waals surface area contributed by atoms with Gasteiger partial charge in [-0.25, -0.2) is 0 Å². The van der Waals surface area contributed by atoms with Crippen LogP contribution in [0.25, 0.3) is 10.8 Å². The summed E-state index contributed by atoms with van der Waals surface area (Å²) in [5.74, 6) is 1.31. The van der Waals surface area contributed by atoms with Crippen LogP contribution >= 0.6 is 11.8 Å². The van der Waals surface area contributed by atoms with E-state index in [1.807, 2.05) is 80.7 Å². The lowest BCUT2D eigenvalue weighted by molar-refractivity contribution is -0.121. The first kappa shape index (κ1) is 24.3. The number of methoxy groups -OCH3 is 1. The number of thioether (sulfide) groups is 1. The molecular weight excluding hydrogens is 462 g/mol. The van der Waals surface area contributed by atoms with Gasteiger partial charge in [0.25, 0.3) is 0 Å². The van der Waals surface area contributed by atoms with Crippen molar-refractivity contribution in [2.45, 2.75) is 24.5 Å². The van der Waals surface area contributed by atoms with E-state index in [9.17, 15) is 9.59 Å². The van der Waals surface area contributed by atoms with Gasteiger partial charge < -0.3 is 19.9 Å². The number of benzene rings is 3. The SMILES string of the molecule is COc1ccc(CC(=O)N[C@@H](C)c2nnc(SCC(=O)Nc3cccc4ccccc34)n2C)cc1. The van der Waals surface area contributed by atoms with E-state index in [1.165, 1.54) is 11.8 Å². The van der Waals surface area contributed by atoms with E-state index in [-0.39, 0.29) is 30.0 Å². The van der Waals surface area contributed by atoms with Gasteiger partial charge in [-0.05, 0) is 36.1 Å². The Labute approximate surface area is 208 Å². The van der Waals surface area contributed by atoms with Crippen LogP contribution in [0.5, 0.6) is 5.75 Å². The van der Waals surface area contributed by atoms with E-state index in [1.54, 1.807) is 11.7 Å². The van der Waals surface area contributed by atoms with Crippen molar-refractivity contribution in [2.24, 2.45) is 7.05 Å². The number of amides is 2. The van der Waals surface area contributed by atoms with Crippen LogP contribution in [0.15, 0.2) is 71.9 Å². The zero-order valence-corrected chi connectivity index (χ0v) is 20.6. The number of nitrogens with zero attached hydrogens (tertiary/aromatic N) is 3. The predicted molar refractivity (Wildman–Crippen MR) is 138 cm³/mol. The van der Waals surface area contributed by atoms with Crippen LogP contribution in [0.3, 0.4) is 0 Å². The number of nitrogens with one attached hydrogen (secondary N) is 2. The zero-order valence-electron chi connectivity index (χ0n) is 19.8. The summed E-state index contributed by atoms with van der Waals surface area (Å²) in [6.07, 6.45) is 0.252. The molecule has 0 radical (unpaired) electrons. The van der Waals surface area contributed by atoms with Crippen LogP contribution in [0, 0.1) is 0 Å². The molecule has 2 amide bonds. The quantitative estimate of drug-likeness (QED) is 0.343. The maximum atomic E-state index is 12.6. The maximum absolute atomic E-state index is 12.6. The molecule has 1 heterocycles. The van der Waals surface area contributed by atoms with E-state index < -0.39 is 0 Å². The molecule has 2 N–H and O–H groups in total. The lowest BCUT2D eigenvalue weighted by Gasteiger charge is -2.14. The molecule has 0 unspecified atom stereocenters. The van der Waals surface area contributed by atoms with Crippen LogP contribution in [-0.2, 0) is 23.1 Å². The highest BCUT2D eigenvalue weighted by Crippen LogP contribution is 2.24. The first-order valence-corrected chi connectivity index (χ1v) is 12.1. The van der Waals surface area contributed by atoms with Crippen molar-refractivity contribution in [2.75, 3.05) is 18.2 Å². The highest BCUT2D eigenvalue weighted by Gasteiger charge is 2.19. The van der Waals surface area contributed by atoms with Gasteiger partial charge in [-0.1, -0.05) is 60.3 Å². The lowest BCUT2D eigenvalue weighted by atomic mass is 10.1. The van der Waals surface area contributed by atoms with Crippen LogP contribution in [-0.4, -0.2) is 39.4 Å². The second-order valence-electron chi connectivity index (χ2n) is 8.08. The summed E-state index contributed by atoms with van der Waals surface area (Å²) in [7, 11) is 3.43. The second-order valence-corrected chi connectivity index (χ2v) is 9.02. The fraction of sp³-hybridized carbons (Fsp3) is 0.231. The zero-order chi connectivity index (χ0) is 24.8. The molecule has 4 aromatic rings. The minimum absolute atomic E-state index is 0.116. The average Bonchev–Trinajstić information content (AvgIpc) is 3.23. The molecule has 0 aliphatic heterocycles. The number of ether oxygens (including phenoxy) is 1. The monoisotopic (exact) mass is 489 g/mol. The Kier molecular flexibility index (Phi) is 7.67. The van der Waals surface area contributed by atoms with Gasteiger partial charge in [0.15, 0.2) is 11.0 Å². The molecular formula is C26H27N5O3S. The Morgan fingerprint density at radius 1 is 1.00 bits per heavy atom. The van der Waals surface area contributed by atoms with Crippen molar-refractivity contribution in [3.63, 3.8) is 0 Å². The Hall–Kier alpha value is -3.85. The maximum Gasteiger partial charge on any atom is 0.234 e. The molecule has 9 heteroatoms. The average molecular weight is 490 g/mol. The fourth-order valence-electron chi connectivity index (χ4n) is 3.77. The van der Waals surface area contributed by atoms with Gasteiger partial charge in [0, 0.05) is 18.1 Å². The van der Waals surface area contributed by atoms with E-state index in [2.05, 4.69) is 20.8 Å². The molecule has 0 saturated heterocycles. The van der Waals surface area contributed by atoms with Crippen LogP contribution in [0.2, 0.25) is 0 Å². The predicted octanol–water partition coefficient (Wildman–Crippen LogP) is 4.13. The molecule has 0 saturated carbocycles. The molecule has 180 valence electrons. The number of carbonyl (C=O) groups is 2. The van der Waals surface area contributed by atoms with Gasteiger partial charge >= 0.3 is 0 Å². The number of rotatable bonds is 9. The van der Waals surface area contributed by atoms with Gasteiger partial charge in [0.1, 0.15) is 5.75 Å². The van der Waals surface area contributed by atoms with E-state index in [0.717, 1.165) is 27.8 Å². The molecule has 8 nitrogen and oxygen atoms in total. The molecule has 0 fully saturated rings. The van der Waals surface area contributed by atoms with Crippen molar-refractivity contribution in [3.05, 3.63) is 78.1 Å². The number of fused-ring (bicyclic) bond motifs is 1. The Morgan fingerprint density at radius 2 is 1.74 bits per heavy atom. The van der Waals surface area contributed by atoms with Crippen LogP contribution < -0.4 is 15.4 Å². The van der Waals surface area contributed by atoms with E-state index in [0.29, 0.717) is 11.0 Å². The minimum Gasteiger partial charge on any atom is -0.497 e. The van der Waals surface area contributed by atoms with Crippen molar-refractivity contribution in [1.29, 1.82) is 0 Å². The summed E-state index contributed by atoms with van der Waals surface area (Å²) in [6.45, 7) is 1.86. The molecule has 0 bridgehead atoms. The summed E-state index contributed by atoms with van der Waals surface area (Å²) in [5.41, 5.74) is 1.67. The van der Waals surface area contributed by atoms with Gasteiger partial charge in [-0.3, -0.25) is 9.59 Å². The summed E-state index contributed by atoms with van der Waals surface area (Å²) in [6, 6.07) is 20.8. The molecule has 0 spiro atoms. The third kappa shape index (κ3) is 5.99. The third-order valence-electron chi connectivity index (χ3n) is 5.55. The van der Waals surface area contributed by atoms with Crippen LogP contribution in [0.1, 0.15) is 24.4 Å². The normalized spacial score (nSPS) is 11.7. The summed E-state index contributed by atoms with van der Waals surface area (Å²) < 4.78 is 6.95. The fourth-order valence-corrected chi connectivity index (χ4v) is 4.48. The van der Waals surface area contributed by atoms with Gasteiger partial charge in [0.05, 0.1) is 25.3 Å². The standard InChI is InChI=1S/C26H27N5O3S/c1-17(27-23(32)15-18-11-13-20(34-3)14-12-18)25-29-30-26(31(25)2)35-16-24(33)28-22-10-6-8-19-7-4-5-9-21(19)22/h4-14,17H,15-16H2,1-3H3,(H,27,32)(H,28,33)/t17-/m0/s1. The number of hydrogen-bond acceptors (Lipinski definition) is 6.